The molecule has 3 rings (SSSR count). The quantitative estimate of drug-likeness (QED) is 0.921. The summed E-state index contributed by atoms with van der Waals surface area (Å²) in [7, 11) is -1.06. The number of hydrogen-bond donors (Lipinski definition) is 1. The van der Waals surface area contributed by atoms with Gasteiger partial charge in [-0.1, -0.05) is 30.3 Å². The lowest BCUT2D eigenvalue weighted by Gasteiger charge is -2.16. The van der Waals surface area contributed by atoms with E-state index in [4.69, 9.17) is 5.73 Å². The lowest BCUT2D eigenvalue weighted by Crippen LogP contribution is -2.26. The molecule has 2 aromatic carbocycles. The Bertz CT molecular complexity index is 680. The van der Waals surface area contributed by atoms with Crippen molar-refractivity contribution in [1.29, 1.82) is 0 Å². The van der Waals surface area contributed by atoms with Crippen LogP contribution in [0.5, 0.6) is 0 Å². The number of rotatable bonds is 2. The molecule has 0 bridgehead atoms. The average Bonchev–Trinajstić information content (AvgIpc) is 2.79. The Morgan fingerprint density at radius 3 is 2.55 bits per heavy atom. The van der Waals surface area contributed by atoms with Gasteiger partial charge in [-0.3, -0.25) is 4.21 Å². The van der Waals surface area contributed by atoms with Crippen molar-refractivity contribution in [1.82, 2.24) is 0 Å². The smallest absolute Gasteiger partial charge is 0.0627 e. The highest BCUT2D eigenvalue weighted by Crippen LogP contribution is 2.34. The van der Waals surface area contributed by atoms with Crippen LogP contribution < -0.4 is 5.73 Å². The molecule has 2 N–H and O–H groups in total. The number of benzene rings is 2. The van der Waals surface area contributed by atoms with Crippen LogP contribution in [0.1, 0.15) is 28.3 Å². The maximum atomic E-state index is 12.8. The third-order valence-corrected chi connectivity index (χ3v) is 5.95. The molecule has 3 heteroatoms. The van der Waals surface area contributed by atoms with Gasteiger partial charge >= 0.3 is 0 Å². The fourth-order valence-corrected chi connectivity index (χ4v) is 4.40. The van der Waals surface area contributed by atoms with Crippen molar-refractivity contribution in [2.24, 2.45) is 5.73 Å². The van der Waals surface area contributed by atoms with Gasteiger partial charge in [0.2, 0.25) is 0 Å². The van der Waals surface area contributed by atoms with Crippen LogP contribution in [0.2, 0.25) is 0 Å². The minimum Gasteiger partial charge on any atom is -0.323 e. The molecule has 20 heavy (non-hydrogen) atoms. The molecule has 0 heterocycles. The second-order valence-electron chi connectivity index (χ2n) is 5.51. The third kappa shape index (κ3) is 2.21. The average molecular weight is 285 g/mol. The summed E-state index contributed by atoms with van der Waals surface area (Å²) in [4.78, 5) is 0.890. The van der Waals surface area contributed by atoms with Crippen LogP contribution in [-0.2, 0) is 17.2 Å². The van der Waals surface area contributed by atoms with Crippen molar-refractivity contribution in [3.8, 4) is 0 Å². The van der Waals surface area contributed by atoms with E-state index in [1.54, 1.807) is 0 Å². The summed E-state index contributed by atoms with van der Waals surface area (Å²) in [6.45, 7) is 4.12. The van der Waals surface area contributed by atoms with Crippen LogP contribution in [-0.4, -0.2) is 9.46 Å². The van der Waals surface area contributed by atoms with E-state index in [0.717, 1.165) is 16.9 Å². The Labute approximate surface area is 122 Å². The second-order valence-corrected chi connectivity index (χ2v) is 7.18. The minimum absolute atomic E-state index is 0.0190. The zero-order valence-corrected chi connectivity index (χ0v) is 12.6. The first-order valence-electron chi connectivity index (χ1n) is 6.89. The van der Waals surface area contributed by atoms with Crippen molar-refractivity contribution >= 4 is 10.8 Å². The van der Waals surface area contributed by atoms with Gasteiger partial charge < -0.3 is 5.73 Å². The minimum atomic E-state index is -1.06. The summed E-state index contributed by atoms with van der Waals surface area (Å²) in [6.07, 6.45) is 0.802. The Hall–Kier alpha value is -1.45. The number of nitrogens with two attached hydrogens (primary N) is 1. The number of aryl methyl sites for hydroxylation is 2. The first-order valence-corrected chi connectivity index (χ1v) is 8.10. The summed E-state index contributed by atoms with van der Waals surface area (Å²) >= 11 is 0. The lowest BCUT2D eigenvalue weighted by atomic mass is 10.1. The summed E-state index contributed by atoms with van der Waals surface area (Å²) in [5.74, 6) is 0. The summed E-state index contributed by atoms with van der Waals surface area (Å²) < 4.78 is 12.8. The maximum Gasteiger partial charge on any atom is 0.0627 e. The van der Waals surface area contributed by atoms with Crippen molar-refractivity contribution in [2.75, 3.05) is 0 Å². The Kier molecular flexibility index (Phi) is 3.48. The van der Waals surface area contributed by atoms with E-state index in [1.165, 1.54) is 16.7 Å². The van der Waals surface area contributed by atoms with Crippen LogP contribution in [0.4, 0.5) is 0 Å². The van der Waals surface area contributed by atoms with Gasteiger partial charge in [0.15, 0.2) is 0 Å². The molecule has 0 radical (unpaired) electrons. The highest BCUT2D eigenvalue weighted by Gasteiger charge is 2.34. The van der Waals surface area contributed by atoms with Gasteiger partial charge in [-0.05, 0) is 54.7 Å². The largest absolute Gasteiger partial charge is 0.323 e. The number of hydrogen-bond acceptors (Lipinski definition) is 2. The van der Waals surface area contributed by atoms with Gasteiger partial charge in [0.05, 0.1) is 16.0 Å². The molecule has 0 aromatic heterocycles. The van der Waals surface area contributed by atoms with Gasteiger partial charge in [0, 0.05) is 10.9 Å². The van der Waals surface area contributed by atoms with E-state index in [1.807, 2.05) is 30.3 Å². The van der Waals surface area contributed by atoms with Gasteiger partial charge in [-0.15, -0.1) is 0 Å². The zero-order valence-electron chi connectivity index (χ0n) is 11.8. The summed E-state index contributed by atoms with van der Waals surface area (Å²) in [6, 6.07) is 14.1. The Balaban J connectivity index is 1.91. The monoisotopic (exact) mass is 285 g/mol. The van der Waals surface area contributed by atoms with E-state index >= 15 is 0 Å². The van der Waals surface area contributed by atoms with E-state index in [0.29, 0.717) is 0 Å². The predicted molar refractivity (Wildman–Crippen MR) is 83.2 cm³/mol. The zero-order chi connectivity index (χ0) is 14.3. The predicted octanol–water partition coefficient (Wildman–Crippen LogP) is 3.04. The molecule has 2 nitrogen and oxygen atoms in total. The molecule has 3 unspecified atom stereocenters. The lowest BCUT2D eigenvalue weighted by molar-refractivity contribution is 0.646. The van der Waals surface area contributed by atoms with Crippen LogP contribution in [0, 0.1) is 13.8 Å². The maximum absolute atomic E-state index is 12.8. The molecule has 2 aromatic rings. The van der Waals surface area contributed by atoms with Crippen molar-refractivity contribution in [3.05, 3.63) is 64.7 Å². The van der Waals surface area contributed by atoms with Crippen LogP contribution in [0.3, 0.4) is 0 Å². The van der Waals surface area contributed by atoms with E-state index < -0.39 is 10.8 Å². The standard InChI is InChI=1S/C17H19NOS/c1-11-7-8-14(9-12(11)2)20(19)16-10-13-5-3-4-6-15(13)17(16)18/h3-9,16-17H,10,18H2,1-2H3. The molecular weight excluding hydrogens is 266 g/mol. The normalized spacial score (nSPS) is 22.6. The van der Waals surface area contributed by atoms with Crippen LogP contribution in [0.15, 0.2) is 47.4 Å². The first-order chi connectivity index (χ1) is 9.58. The second kappa shape index (κ2) is 5.15. The van der Waals surface area contributed by atoms with E-state index in [-0.39, 0.29) is 11.3 Å². The molecule has 1 aliphatic carbocycles. The fourth-order valence-electron chi connectivity index (χ4n) is 2.81. The molecule has 0 aliphatic heterocycles. The molecule has 0 fully saturated rings. The van der Waals surface area contributed by atoms with E-state index in [2.05, 4.69) is 26.0 Å². The van der Waals surface area contributed by atoms with Crippen molar-refractivity contribution in [3.63, 3.8) is 0 Å². The SMILES string of the molecule is Cc1ccc(S(=O)C2Cc3ccccc3C2N)cc1C. The van der Waals surface area contributed by atoms with Crippen LogP contribution >= 0.6 is 0 Å². The molecule has 1 aliphatic rings. The summed E-state index contributed by atoms with van der Waals surface area (Å²) in [5, 5.41) is -0.0190. The molecule has 0 saturated heterocycles. The number of fused-ring (bicyclic) bond motifs is 1. The summed E-state index contributed by atoms with van der Waals surface area (Å²) in [5.41, 5.74) is 11.1. The molecular formula is C17H19NOS. The Morgan fingerprint density at radius 1 is 1.10 bits per heavy atom. The first kappa shape index (κ1) is 13.5. The van der Waals surface area contributed by atoms with Gasteiger partial charge in [0.25, 0.3) is 0 Å². The highest BCUT2D eigenvalue weighted by molar-refractivity contribution is 7.85. The molecule has 3 atom stereocenters. The third-order valence-electron chi connectivity index (χ3n) is 4.22. The fraction of sp³-hybridized carbons (Fsp3) is 0.294. The topological polar surface area (TPSA) is 43.1 Å². The molecule has 0 saturated carbocycles. The van der Waals surface area contributed by atoms with Crippen molar-refractivity contribution in [2.45, 2.75) is 36.5 Å². The van der Waals surface area contributed by atoms with Gasteiger partial charge in [-0.2, -0.15) is 0 Å². The molecule has 0 amide bonds. The Morgan fingerprint density at radius 2 is 1.85 bits per heavy atom. The van der Waals surface area contributed by atoms with Gasteiger partial charge in [-0.25, -0.2) is 0 Å². The molecule has 104 valence electrons. The van der Waals surface area contributed by atoms with Crippen molar-refractivity contribution < 1.29 is 4.21 Å². The van der Waals surface area contributed by atoms with E-state index in [9.17, 15) is 4.21 Å². The highest BCUT2D eigenvalue weighted by atomic mass is 32.2. The van der Waals surface area contributed by atoms with Gasteiger partial charge in [0.1, 0.15) is 0 Å². The molecule has 0 spiro atoms. The van der Waals surface area contributed by atoms with Crippen LogP contribution in [0.25, 0.3) is 0 Å².